The summed E-state index contributed by atoms with van der Waals surface area (Å²) in [6, 6.07) is 13.5. The standard InChI is InChI=1S/C26H21BrClFN4O4/c1-3-15(2)25-31-22-9-6-18(27)12-20(22)26(34)32(25)30-13-17-10-21(28)24(23(11-17)33(35)36)37-14-16-4-7-19(29)8-5-16/h4-13,15H,3,14H2,1-2H3/t15-/m1/s1. The van der Waals surface area contributed by atoms with E-state index in [1.54, 1.807) is 12.1 Å². The molecule has 0 aliphatic heterocycles. The molecule has 1 aromatic heterocycles. The third-order valence-corrected chi connectivity index (χ3v) is 6.52. The van der Waals surface area contributed by atoms with Crippen LogP contribution in [0.25, 0.3) is 10.9 Å². The first-order chi connectivity index (χ1) is 17.7. The summed E-state index contributed by atoms with van der Waals surface area (Å²) in [6.07, 6.45) is 2.04. The summed E-state index contributed by atoms with van der Waals surface area (Å²) in [4.78, 5) is 29.1. The van der Waals surface area contributed by atoms with Crippen LogP contribution in [0.5, 0.6) is 5.75 Å². The molecule has 37 heavy (non-hydrogen) atoms. The molecular formula is C26H21BrClFN4O4. The van der Waals surface area contributed by atoms with E-state index in [9.17, 15) is 19.3 Å². The Kier molecular flexibility index (Phi) is 7.99. The van der Waals surface area contributed by atoms with Crippen LogP contribution >= 0.6 is 27.5 Å². The molecule has 0 aliphatic carbocycles. The lowest BCUT2D eigenvalue weighted by Gasteiger charge is -2.14. The van der Waals surface area contributed by atoms with E-state index in [0.717, 1.165) is 10.9 Å². The first kappa shape index (κ1) is 26.4. The Morgan fingerprint density at radius 1 is 1.24 bits per heavy atom. The molecule has 0 saturated heterocycles. The molecule has 8 nitrogen and oxygen atoms in total. The highest BCUT2D eigenvalue weighted by atomic mass is 79.9. The number of nitro benzene ring substituents is 1. The van der Waals surface area contributed by atoms with Crippen LogP contribution in [-0.2, 0) is 6.61 Å². The summed E-state index contributed by atoms with van der Waals surface area (Å²) >= 11 is 9.72. The van der Waals surface area contributed by atoms with E-state index in [1.807, 2.05) is 19.9 Å². The molecule has 1 heterocycles. The first-order valence-electron chi connectivity index (χ1n) is 11.3. The second kappa shape index (κ2) is 11.2. The lowest BCUT2D eigenvalue weighted by Crippen LogP contribution is -2.23. The van der Waals surface area contributed by atoms with Crippen molar-refractivity contribution in [2.24, 2.45) is 5.10 Å². The zero-order valence-electron chi connectivity index (χ0n) is 19.8. The Balaban J connectivity index is 1.73. The van der Waals surface area contributed by atoms with Crippen molar-refractivity contribution in [3.8, 4) is 5.75 Å². The zero-order valence-corrected chi connectivity index (χ0v) is 22.2. The zero-order chi connectivity index (χ0) is 26.7. The Hall–Kier alpha value is -3.63. The number of nitro groups is 1. The molecule has 3 aromatic carbocycles. The predicted octanol–water partition coefficient (Wildman–Crippen LogP) is 6.83. The summed E-state index contributed by atoms with van der Waals surface area (Å²) in [6.45, 7) is 3.87. The first-order valence-corrected chi connectivity index (χ1v) is 12.5. The van der Waals surface area contributed by atoms with Gasteiger partial charge in [-0.2, -0.15) is 9.78 Å². The number of halogens is 3. The molecule has 0 bridgehead atoms. The molecule has 190 valence electrons. The number of aromatic nitrogens is 2. The minimum absolute atomic E-state index is 0.00664. The van der Waals surface area contributed by atoms with E-state index >= 15 is 0 Å². The largest absolute Gasteiger partial charge is 0.481 e. The number of rotatable bonds is 8. The molecule has 0 spiro atoms. The van der Waals surface area contributed by atoms with Crippen molar-refractivity contribution in [3.63, 3.8) is 0 Å². The fourth-order valence-corrected chi connectivity index (χ4v) is 4.23. The number of nitrogens with zero attached hydrogens (tertiary/aromatic N) is 4. The van der Waals surface area contributed by atoms with Crippen LogP contribution in [0.2, 0.25) is 5.02 Å². The van der Waals surface area contributed by atoms with Crippen LogP contribution in [0, 0.1) is 15.9 Å². The molecule has 0 radical (unpaired) electrons. The normalized spacial score (nSPS) is 12.2. The van der Waals surface area contributed by atoms with Gasteiger partial charge in [0, 0.05) is 22.0 Å². The Bertz CT molecular complexity index is 1570. The van der Waals surface area contributed by atoms with Gasteiger partial charge in [-0.1, -0.05) is 53.5 Å². The number of ether oxygens (including phenoxy) is 1. The molecule has 4 aromatic rings. The van der Waals surface area contributed by atoms with Crippen LogP contribution in [0.3, 0.4) is 0 Å². The van der Waals surface area contributed by atoms with Crippen LogP contribution in [-0.4, -0.2) is 20.8 Å². The Labute approximate surface area is 224 Å². The van der Waals surface area contributed by atoms with Crippen LogP contribution in [0.15, 0.2) is 69.0 Å². The Morgan fingerprint density at radius 3 is 2.65 bits per heavy atom. The minimum Gasteiger partial charge on any atom is -0.481 e. The van der Waals surface area contributed by atoms with Gasteiger partial charge in [-0.25, -0.2) is 9.37 Å². The molecule has 11 heteroatoms. The molecule has 0 unspecified atom stereocenters. The van der Waals surface area contributed by atoms with E-state index in [-0.39, 0.29) is 34.5 Å². The smallest absolute Gasteiger partial charge is 0.313 e. The highest BCUT2D eigenvalue weighted by molar-refractivity contribution is 9.10. The van der Waals surface area contributed by atoms with E-state index in [1.165, 1.54) is 47.3 Å². The fraction of sp³-hybridized carbons (Fsp3) is 0.192. The van der Waals surface area contributed by atoms with E-state index in [4.69, 9.17) is 16.3 Å². The summed E-state index contributed by atoms with van der Waals surface area (Å²) in [5, 5.41) is 16.5. The van der Waals surface area contributed by atoms with Gasteiger partial charge in [-0.15, -0.1) is 0 Å². The number of hydrogen-bond acceptors (Lipinski definition) is 6. The maximum absolute atomic E-state index is 13.3. The minimum atomic E-state index is -0.616. The average molecular weight is 588 g/mol. The molecule has 1 atom stereocenters. The third kappa shape index (κ3) is 5.86. The number of fused-ring (bicyclic) bond motifs is 1. The molecule has 0 N–H and O–H groups in total. The van der Waals surface area contributed by atoms with Crippen molar-refractivity contribution in [2.75, 3.05) is 0 Å². The molecular weight excluding hydrogens is 567 g/mol. The molecule has 0 amide bonds. The van der Waals surface area contributed by atoms with Crippen molar-refractivity contribution in [1.82, 2.24) is 9.66 Å². The van der Waals surface area contributed by atoms with Crippen LogP contribution < -0.4 is 10.3 Å². The van der Waals surface area contributed by atoms with Crippen LogP contribution in [0.4, 0.5) is 10.1 Å². The maximum atomic E-state index is 13.3. The van der Waals surface area contributed by atoms with E-state index in [0.29, 0.717) is 27.9 Å². The summed E-state index contributed by atoms with van der Waals surface area (Å²) in [5.41, 5.74) is 0.729. The van der Waals surface area contributed by atoms with Gasteiger partial charge in [0.15, 0.2) is 0 Å². The molecule has 0 aliphatic rings. The van der Waals surface area contributed by atoms with Gasteiger partial charge < -0.3 is 4.74 Å². The molecule has 0 fully saturated rings. The van der Waals surface area contributed by atoms with Crippen molar-refractivity contribution >= 4 is 50.3 Å². The van der Waals surface area contributed by atoms with Crippen molar-refractivity contribution in [3.05, 3.63) is 107 Å². The Morgan fingerprint density at radius 2 is 1.97 bits per heavy atom. The molecule has 4 rings (SSSR count). The molecule has 0 saturated carbocycles. The highest BCUT2D eigenvalue weighted by Crippen LogP contribution is 2.36. The van der Waals surface area contributed by atoms with Crippen molar-refractivity contribution in [1.29, 1.82) is 0 Å². The average Bonchev–Trinajstić information content (AvgIpc) is 2.87. The summed E-state index contributed by atoms with van der Waals surface area (Å²) < 4.78 is 20.7. The van der Waals surface area contributed by atoms with Crippen molar-refractivity contribution in [2.45, 2.75) is 32.8 Å². The monoisotopic (exact) mass is 586 g/mol. The third-order valence-electron chi connectivity index (χ3n) is 5.75. The number of benzene rings is 3. The lowest BCUT2D eigenvalue weighted by atomic mass is 10.1. The van der Waals surface area contributed by atoms with Crippen molar-refractivity contribution < 1.29 is 14.1 Å². The highest BCUT2D eigenvalue weighted by Gasteiger charge is 2.21. The maximum Gasteiger partial charge on any atom is 0.313 e. The van der Waals surface area contributed by atoms with Gasteiger partial charge in [0.1, 0.15) is 18.2 Å². The predicted molar refractivity (Wildman–Crippen MR) is 144 cm³/mol. The van der Waals surface area contributed by atoms with Gasteiger partial charge in [0.05, 0.1) is 27.1 Å². The fourth-order valence-electron chi connectivity index (χ4n) is 3.59. The lowest BCUT2D eigenvalue weighted by molar-refractivity contribution is -0.385. The second-order valence-electron chi connectivity index (χ2n) is 8.33. The topological polar surface area (TPSA) is 99.6 Å². The quantitative estimate of drug-likeness (QED) is 0.128. The van der Waals surface area contributed by atoms with Gasteiger partial charge >= 0.3 is 5.69 Å². The summed E-state index contributed by atoms with van der Waals surface area (Å²) in [7, 11) is 0. The second-order valence-corrected chi connectivity index (χ2v) is 9.65. The van der Waals surface area contributed by atoms with Gasteiger partial charge in [-0.3, -0.25) is 14.9 Å². The van der Waals surface area contributed by atoms with E-state index < -0.39 is 10.7 Å². The number of hydrogen-bond donors (Lipinski definition) is 0. The van der Waals surface area contributed by atoms with Crippen LogP contribution in [0.1, 0.15) is 43.1 Å². The van der Waals surface area contributed by atoms with E-state index in [2.05, 4.69) is 26.0 Å². The van der Waals surface area contributed by atoms with Gasteiger partial charge in [0.2, 0.25) is 5.75 Å². The van der Waals surface area contributed by atoms with Gasteiger partial charge in [0.25, 0.3) is 5.56 Å². The van der Waals surface area contributed by atoms with Gasteiger partial charge in [-0.05, 0) is 48.4 Å². The SMILES string of the molecule is CC[C@@H](C)c1nc2ccc(Br)cc2c(=O)n1N=Cc1cc(Cl)c(OCc2ccc(F)cc2)c([N+](=O)[O-])c1. The summed E-state index contributed by atoms with van der Waals surface area (Å²) in [5.74, 6) is -0.124.